The van der Waals surface area contributed by atoms with E-state index >= 15 is 0 Å². The van der Waals surface area contributed by atoms with Crippen LogP contribution in [0.15, 0.2) is 23.6 Å². The molecule has 1 aromatic carbocycles. The van der Waals surface area contributed by atoms with Crippen molar-refractivity contribution in [2.45, 2.75) is 32.0 Å². The van der Waals surface area contributed by atoms with Crippen molar-refractivity contribution in [3.8, 4) is 0 Å². The summed E-state index contributed by atoms with van der Waals surface area (Å²) in [5.41, 5.74) is 3.91. The standard InChI is InChI=1S/C15H16BrFS/c1-4-11-5-6-18-15(11)13(16)12-7-9(2)14(17)10(3)8-12/h5-8,13H,4H2,1-3H3. The third-order valence-electron chi connectivity index (χ3n) is 3.14. The summed E-state index contributed by atoms with van der Waals surface area (Å²) in [5.74, 6) is -0.0969. The molecule has 0 radical (unpaired) electrons. The van der Waals surface area contributed by atoms with Crippen molar-refractivity contribution >= 4 is 27.3 Å². The van der Waals surface area contributed by atoms with E-state index < -0.39 is 0 Å². The van der Waals surface area contributed by atoms with E-state index in [2.05, 4.69) is 34.3 Å². The summed E-state index contributed by atoms with van der Waals surface area (Å²) in [4.78, 5) is 1.48. The Bertz CT molecular complexity index is 536. The number of thiophene rings is 1. The quantitative estimate of drug-likeness (QED) is 0.648. The summed E-state index contributed by atoms with van der Waals surface area (Å²) in [6, 6.07) is 6.03. The Morgan fingerprint density at radius 2 is 1.89 bits per heavy atom. The Morgan fingerprint density at radius 3 is 2.44 bits per heavy atom. The van der Waals surface area contributed by atoms with Gasteiger partial charge in [-0.25, -0.2) is 4.39 Å². The highest BCUT2D eigenvalue weighted by molar-refractivity contribution is 9.09. The molecule has 0 saturated heterocycles. The average Bonchev–Trinajstić information content (AvgIpc) is 2.82. The van der Waals surface area contributed by atoms with Crippen molar-refractivity contribution in [1.29, 1.82) is 0 Å². The SMILES string of the molecule is CCc1ccsc1C(Br)c1cc(C)c(F)c(C)c1. The second-order valence-electron chi connectivity index (χ2n) is 4.49. The molecule has 1 heterocycles. The molecule has 0 spiro atoms. The van der Waals surface area contributed by atoms with Crippen LogP contribution in [0.2, 0.25) is 0 Å². The van der Waals surface area contributed by atoms with Gasteiger partial charge in [0.15, 0.2) is 0 Å². The van der Waals surface area contributed by atoms with E-state index in [-0.39, 0.29) is 10.6 Å². The zero-order valence-corrected chi connectivity index (χ0v) is 13.2. The molecule has 0 aliphatic rings. The van der Waals surface area contributed by atoms with Crippen LogP contribution in [0.4, 0.5) is 4.39 Å². The molecule has 0 fully saturated rings. The number of aryl methyl sites for hydroxylation is 3. The summed E-state index contributed by atoms with van der Waals surface area (Å²) >= 11 is 5.50. The molecule has 0 bridgehead atoms. The molecular weight excluding hydrogens is 311 g/mol. The first kappa shape index (κ1) is 13.8. The minimum Gasteiger partial charge on any atom is -0.206 e. The highest BCUT2D eigenvalue weighted by Crippen LogP contribution is 2.37. The lowest BCUT2D eigenvalue weighted by Crippen LogP contribution is -1.97. The van der Waals surface area contributed by atoms with Gasteiger partial charge in [-0.2, -0.15) is 0 Å². The predicted molar refractivity (Wildman–Crippen MR) is 80.3 cm³/mol. The minimum atomic E-state index is -0.0969. The van der Waals surface area contributed by atoms with E-state index in [0.717, 1.165) is 12.0 Å². The number of halogens is 2. The first-order valence-electron chi connectivity index (χ1n) is 6.01. The number of alkyl halides is 1. The Kier molecular flexibility index (Phi) is 4.23. The summed E-state index contributed by atoms with van der Waals surface area (Å²) in [6.07, 6.45) is 1.03. The molecule has 0 aliphatic carbocycles. The number of hydrogen-bond donors (Lipinski definition) is 0. The van der Waals surface area contributed by atoms with Gasteiger partial charge in [0.25, 0.3) is 0 Å². The zero-order valence-electron chi connectivity index (χ0n) is 10.8. The van der Waals surface area contributed by atoms with E-state index in [1.807, 2.05) is 26.0 Å². The molecule has 2 aromatic rings. The van der Waals surface area contributed by atoms with Crippen LogP contribution in [0.5, 0.6) is 0 Å². The maximum atomic E-state index is 13.6. The fraction of sp³-hybridized carbons (Fsp3) is 0.333. The predicted octanol–water partition coefficient (Wildman–Crippen LogP) is 5.55. The maximum Gasteiger partial charge on any atom is 0.129 e. The molecule has 2 rings (SSSR count). The van der Waals surface area contributed by atoms with Gasteiger partial charge in [0, 0.05) is 4.88 Å². The van der Waals surface area contributed by atoms with Crippen molar-refractivity contribution < 1.29 is 4.39 Å². The van der Waals surface area contributed by atoms with Crippen LogP contribution in [0.1, 0.15) is 38.9 Å². The largest absolute Gasteiger partial charge is 0.206 e. The molecule has 0 aliphatic heterocycles. The van der Waals surface area contributed by atoms with Crippen LogP contribution >= 0.6 is 27.3 Å². The zero-order chi connectivity index (χ0) is 13.3. The summed E-state index contributed by atoms with van der Waals surface area (Å²) in [7, 11) is 0. The Balaban J connectivity index is 2.43. The summed E-state index contributed by atoms with van der Waals surface area (Å²) in [5, 5.41) is 2.12. The van der Waals surface area contributed by atoms with Gasteiger partial charge in [0.2, 0.25) is 0 Å². The average molecular weight is 327 g/mol. The molecule has 3 heteroatoms. The Morgan fingerprint density at radius 1 is 1.28 bits per heavy atom. The van der Waals surface area contributed by atoms with Crippen LogP contribution in [0, 0.1) is 19.7 Å². The second-order valence-corrected chi connectivity index (χ2v) is 6.36. The third-order valence-corrected chi connectivity index (χ3v) is 5.46. The van der Waals surface area contributed by atoms with Crippen molar-refractivity contribution in [3.05, 3.63) is 56.5 Å². The van der Waals surface area contributed by atoms with E-state index in [9.17, 15) is 4.39 Å². The molecule has 18 heavy (non-hydrogen) atoms. The van der Waals surface area contributed by atoms with Crippen molar-refractivity contribution in [3.63, 3.8) is 0 Å². The van der Waals surface area contributed by atoms with E-state index in [0.29, 0.717) is 11.1 Å². The van der Waals surface area contributed by atoms with E-state index in [4.69, 9.17) is 0 Å². The number of rotatable bonds is 3. The smallest absolute Gasteiger partial charge is 0.129 e. The van der Waals surface area contributed by atoms with Gasteiger partial charge >= 0.3 is 0 Å². The van der Waals surface area contributed by atoms with Crippen LogP contribution in [-0.2, 0) is 6.42 Å². The van der Waals surface area contributed by atoms with Crippen molar-refractivity contribution in [1.82, 2.24) is 0 Å². The number of benzene rings is 1. The first-order chi connectivity index (χ1) is 8.54. The number of hydrogen-bond acceptors (Lipinski definition) is 1. The Hall–Kier alpha value is -0.670. The highest BCUT2D eigenvalue weighted by Gasteiger charge is 2.17. The molecule has 1 unspecified atom stereocenters. The topological polar surface area (TPSA) is 0 Å². The molecule has 0 amide bonds. The van der Waals surface area contributed by atoms with Crippen LogP contribution in [-0.4, -0.2) is 0 Å². The second kappa shape index (κ2) is 5.54. The Labute approximate surface area is 120 Å². The minimum absolute atomic E-state index is 0.0969. The van der Waals surface area contributed by atoms with Crippen molar-refractivity contribution in [2.24, 2.45) is 0 Å². The maximum absolute atomic E-state index is 13.6. The van der Waals surface area contributed by atoms with Gasteiger partial charge in [-0.3, -0.25) is 0 Å². The lowest BCUT2D eigenvalue weighted by atomic mass is 10.0. The van der Waals surface area contributed by atoms with Gasteiger partial charge in [-0.15, -0.1) is 11.3 Å². The lowest BCUT2D eigenvalue weighted by molar-refractivity contribution is 0.608. The molecular formula is C15H16BrFS. The highest BCUT2D eigenvalue weighted by atomic mass is 79.9. The van der Waals surface area contributed by atoms with E-state index in [1.54, 1.807) is 11.3 Å². The fourth-order valence-corrected chi connectivity index (χ4v) is 4.02. The third kappa shape index (κ3) is 2.52. The van der Waals surface area contributed by atoms with Gasteiger partial charge in [0.1, 0.15) is 5.82 Å². The monoisotopic (exact) mass is 326 g/mol. The van der Waals surface area contributed by atoms with Crippen molar-refractivity contribution in [2.75, 3.05) is 0 Å². The fourth-order valence-electron chi connectivity index (χ4n) is 2.14. The molecule has 0 N–H and O–H groups in total. The summed E-state index contributed by atoms with van der Waals surface area (Å²) < 4.78 is 13.6. The van der Waals surface area contributed by atoms with Gasteiger partial charge in [-0.05, 0) is 54.0 Å². The van der Waals surface area contributed by atoms with Crippen LogP contribution < -0.4 is 0 Å². The lowest BCUT2D eigenvalue weighted by Gasteiger charge is -2.13. The molecule has 0 saturated carbocycles. The summed E-state index contributed by atoms with van der Waals surface area (Å²) in [6.45, 7) is 5.80. The molecule has 1 aromatic heterocycles. The van der Waals surface area contributed by atoms with Crippen LogP contribution in [0.25, 0.3) is 0 Å². The van der Waals surface area contributed by atoms with Gasteiger partial charge in [0.05, 0.1) is 4.83 Å². The van der Waals surface area contributed by atoms with Gasteiger partial charge in [-0.1, -0.05) is 35.0 Å². The molecule has 0 nitrogen and oxygen atoms in total. The normalized spacial score (nSPS) is 12.7. The molecule has 96 valence electrons. The van der Waals surface area contributed by atoms with Crippen LogP contribution in [0.3, 0.4) is 0 Å². The van der Waals surface area contributed by atoms with Gasteiger partial charge < -0.3 is 0 Å². The molecule has 1 atom stereocenters. The first-order valence-corrected chi connectivity index (χ1v) is 7.81. The van der Waals surface area contributed by atoms with E-state index in [1.165, 1.54) is 10.4 Å².